The van der Waals surface area contributed by atoms with Crippen LogP contribution in [0.5, 0.6) is 0 Å². The van der Waals surface area contributed by atoms with Crippen LogP contribution in [-0.2, 0) is 28.6 Å². The van der Waals surface area contributed by atoms with Gasteiger partial charge >= 0.3 is 0 Å². The Kier molecular flexibility index (Phi) is 3.96. The summed E-state index contributed by atoms with van der Waals surface area (Å²) in [5, 5.41) is 3.66. The fourth-order valence-corrected chi connectivity index (χ4v) is 2.33. The van der Waals surface area contributed by atoms with Crippen LogP contribution in [0.15, 0.2) is 28.8 Å². The molecule has 0 fully saturated rings. The van der Waals surface area contributed by atoms with E-state index in [4.69, 9.17) is 10.3 Å². The number of nitrogens with two attached hydrogens (primary N) is 1. The smallest absolute Gasteiger partial charge is 0.231 e. The van der Waals surface area contributed by atoms with Crippen molar-refractivity contribution in [2.75, 3.05) is 6.26 Å². The molecule has 2 aromatic rings. The lowest BCUT2D eigenvalue weighted by Crippen LogP contribution is -2.03. The van der Waals surface area contributed by atoms with E-state index in [-0.39, 0.29) is 11.6 Å². The molecule has 2 N–H and O–H groups in total. The van der Waals surface area contributed by atoms with Crippen LogP contribution in [0.4, 0.5) is 0 Å². The first-order chi connectivity index (χ1) is 8.98. The van der Waals surface area contributed by atoms with Crippen LogP contribution in [0, 0.1) is 0 Å². The van der Waals surface area contributed by atoms with Crippen LogP contribution in [-0.4, -0.2) is 24.8 Å². The summed E-state index contributed by atoms with van der Waals surface area (Å²) in [6.07, 6.45) is 1.58. The zero-order valence-corrected chi connectivity index (χ0v) is 11.4. The summed E-state index contributed by atoms with van der Waals surface area (Å²) in [5.41, 5.74) is 7.65. The van der Waals surface area contributed by atoms with Crippen molar-refractivity contribution in [3.05, 3.63) is 47.1 Å². The molecule has 0 unspecified atom stereocenters. The molecule has 0 atom stereocenters. The van der Waals surface area contributed by atoms with Gasteiger partial charge in [0.2, 0.25) is 5.89 Å². The van der Waals surface area contributed by atoms with E-state index in [1.165, 1.54) is 0 Å². The third-order valence-corrected chi connectivity index (χ3v) is 3.36. The van der Waals surface area contributed by atoms with E-state index in [1.54, 1.807) is 0 Å². The summed E-state index contributed by atoms with van der Waals surface area (Å²) in [6, 6.07) is 7.68. The van der Waals surface area contributed by atoms with E-state index in [0.29, 0.717) is 18.9 Å². The summed E-state index contributed by atoms with van der Waals surface area (Å²) in [7, 11) is -3.15. The fraction of sp³-hybridized carbons (Fsp3) is 0.333. The van der Waals surface area contributed by atoms with E-state index >= 15 is 0 Å². The van der Waals surface area contributed by atoms with Gasteiger partial charge in [-0.1, -0.05) is 29.4 Å². The van der Waals surface area contributed by atoms with Crippen molar-refractivity contribution in [3.63, 3.8) is 0 Å². The Hall–Kier alpha value is -1.73. The van der Waals surface area contributed by atoms with Crippen LogP contribution >= 0.6 is 0 Å². The molecule has 0 radical (unpaired) electrons. The average molecular weight is 281 g/mol. The van der Waals surface area contributed by atoms with Crippen molar-refractivity contribution in [2.45, 2.75) is 18.7 Å². The highest BCUT2D eigenvalue weighted by atomic mass is 32.2. The van der Waals surface area contributed by atoms with Gasteiger partial charge in [0.1, 0.15) is 5.75 Å². The highest BCUT2D eigenvalue weighted by Gasteiger charge is 2.13. The van der Waals surface area contributed by atoms with Crippen molar-refractivity contribution in [1.29, 1.82) is 0 Å². The average Bonchev–Trinajstić information content (AvgIpc) is 2.75. The van der Waals surface area contributed by atoms with Gasteiger partial charge in [0.25, 0.3) is 0 Å². The maximum atomic E-state index is 11.1. The third-order valence-electron chi connectivity index (χ3n) is 2.58. The Morgan fingerprint density at radius 1 is 1.26 bits per heavy atom. The van der Waals surface area contributed by atoms with E-state index in [0.717, 1.165) is 17.4 Å². The molecule has 1 heterocycles. The van der Waals surface area contributed by atoms with Gasteiger partial charge in [-0.2, -0.15) is 4.98 Å². The van der Waals surface area contributed by atoms with Crippen molar-refractivity contribution in [1.82, 2.24) is 10.1 Å². The number of sulfone groups is 1. The number of hydrogen-bond donors (Lipinski definition) is 1. The minimum Gasteiger partial charge on any atom is -0.339 e. The minimum atomic E-state index is -3.15. The van der Waals surface area contributed by atoms with Gasteiger partial charge in [-0.15, -0.1) is 0 Å². The Morgan fingerprint density at radius 2 is 1.95 bits per heavy atom. The quantitative estimate of drug-likeness (QED) is 0.864. The second-order valence-corrected chi connectivity index (χ2v) is 6.46. The van der Waals surface area contributed by atoms with Crippen LogP contribution in [0.3, 0.4) is 0 Å². The highest BCUT2D eigenvalue weighted by Crippen LogP contribution is 2.13. The third kappa shape index (κ3) is 3.87. The van der Waals surface area contributed by atoms with Crippen molar-refractivity contribution >= 4 is 9.84 Å². The number of rotatable bonds is 5. The molecule has 0 aliphatic heterocycles. The lowest BCUT2D eigenvalue weighted by atomic mass is 10.0. The largest absolute Gasteiger partial charge is 0.339 e. The van der Waals surface area contributed by atoms with Crippen LogP contribution in [0.2, 0.25) is 0 Å². The first-order valence-electron chi connectivity index (χ1n) is 5.74. The molecule has 2 rings (SSSR count). The molecule has 0 spiro atoms. The number of aromatic nitrogens is 2. The predicted octanol–water partition coefficient (Wildman–Crippen LogP) is 0.664. The normalized spacial score (nSPS) is 11.7. The number of benzene rings is 1. The lowest BCUT2D eigenvalue weighted by molar-refractivity contribution is 0.380. The molecule has 1 aromatic carbocycles. The summed E-state index contributed by atoms with van der Waals surface area (Å²) < 4.78 is 27.3. The molecule has 1 aromatic heterocycles. The maximum Gasteiger partial charge on any atom is 0.231 e. The van der Waals surface area contributed by atoms with E-state index < -0.39 is 9.84 Å². The van der Waals surface area contributed by atoms with Crippen LogP contribution in [0.25, 0.3) is 0 Å². The van der Waals surface area contributed by atoms with Crippen molar-refractivity contribution in [3.8, 4) is 0 Å². The molecular formula is C12H15N3O3S. The molecule has 0 aliphatic carbocycles. The minimum absolute atomic E-state index is 0.183. The Bertz CT molecular complexity index is 664. The van der Waals surface area contributed by atoms with Gasteiger partial charge < -0.3 is 10.3 Å². The number of nitrogens with zero attached hydrogens (tertiary/aromatic N) is 2. The van der Waals surface area contributed by atoms with E-state index in [2.05, 4.69) is 10.1 Å². The van der Waals surface area contributed by atoms with Crippen molar-refractivity contribution in [2.24, 2.45) is 5.73 Å². The lowest BCUT2D eigenvalue weighted by Gasteiger charge is -2.03. The fourth-order valence-electron chi connectivity index (χ4n) is 1.75. The van der Waals surface area contributed by atoms with Crippen LogP contribution in [0.1, 0.15) is 22.8 Å². The molecule has 0 saturated carbocycles. The Labute approximate surface area is 111 Å². The molecular weight excluding hydrogens is 266 g/mol. The zero-order chi connectivity index (χ0) is 13.9. The van der Waals surface area contributed by atoms with Crippen molar-refractivity contribution < 1.29 is 12.9 Å². The monoisotopic (exact) mass is 281 g/mol. The molecule has 0 bridgehead atoms. The zero-order valence-electron chi connectivity index (χ0n) is 10.5. The van der Waals surface area contributed by atoms with Gasteiger partial charge in [0.05, 0.1) is 6.42 Å². The summed E-state index contributed by atoms with van der Waals surface area (Å²) in [6.45, 7) is 0.431. The molecule has 19 heavy (non-hydrogen) atoms. The molecule has 0 saturated heterocycles. The number of hydrogen-bond acceptors (Lipinski definition) is 6. The molecule has 102 valence electrons. The van der Waals surface area contributed by atoms with Crippen LogP contribution < -0.4 is 5.73 Å². The van der Waals surface area contributed by atoms with Gasteiger partial charge in [-0.05, 0) is 11.1 Å². The highest BCUT2D eigenvalue weighted by molar-refractivity contribution is 7.89. The topological polar surface area (TPSA) is 99.1 Å². The van der Waals surface area contributed by atoms with E-state index in [1.807, 2.05) is 24.3 Å². The first kappa shape index (κ1) is 13.7. The maximum absolute atomic E-state index is 11.1. The molecule has 7 heteroatoms. The van der Waals surface area contributed by atoms with Gasteiger partial charge in [-0.3, -0.25) is 0 Å². The summed E-state index contributed by atoms with van der Waals surface area (Å²) >= 11 is 0. The summed E-state index contributed by atoms with van der Waals surface area (Å²) in [4.78, 5) is 4.07. The van der Waals surface area contributed by atoms with Gasteiger partial charge in [0.15, 0.2) is 15.7 Å². The van der Waals surface area contributed by atoms with Gasteiger partial charge in [0, 0.05) is 12.8 Å². The Balaban J connectivity index is 2.16. The standard InChI is InChI=1S/C12H15N3O3S/c1-19(16,17)8-11-14-12(18-15-11)6-9-4-2-3-5-10(9)7-13/h2-5H,6-8,13H2,1H3. The predicted molar refractivity (Wildman–Crippen MR) is 70.0 cm³/mol. The molecule has 6 nitrogen and oxygen atoms in total. The van der Waals surface area contributed by atoms with Gasteiger partial charge in [-0.25, -0.2) is 8.42 Å². The second-order valence-electron chi connectivity index (χ2n) is 4.32. The second kappa shape index (κ2) is 5.50. The van der Waals surface area contributed by atoms with E-state index in [9.17, 15) is 8.42 Å². The molecule has 0 amide bonds. The SMILES string of the molecule is CS(=O)(=O)Cc1noc(Cc2ccccc2CN)n1. The first-order valence-corrected chi connectivity index (χ1v) is 7.80. The molecule has 0 aliphatic rings. The Morgan fingerprint density at radius 3 is 2.58 bits per heavy atom. The summed E-state index contributed by atoms with van der Waals surface area (Å²) in [5.74, 6) is 0.358.